The predicted octanol–water partition coefficient (Wildman–Crippen LogP) is 3.41. The molecule has 0 aliphatic carbocycles. The molecule has 2 rings (SSSR count). The van der Waals surface area contributed by atoms with Crippen molar-refractivity contribution >= 4 is 39.5 Å². The molecule has 0 aromatic heterocycles. The molecule has 1 heterocycles. The molecule has 0 bridgehead atoms. The molecule has 22 heavy (non-hydrogen) atoms. The summed E-state index contributed by atoms with van der Waals surface area (Å²) in [6, 6.07) is 7.89. The Kier molecular flexibility index (Phi) is 7.83. The number of allylic oxidation sites excluding steroid dienone is 1. The van der Waals surface area contributed by atoms with Gasteiger partial charge in [-0.05, 0) is 29.7 Å². The lowest BCUT2D eigenvalue weighted by Crippen LogP contribution is -2.36. The highest BCUT2D eigenvalue weighted by Gasteiger charge is 2.24. The van der Waals surface area contributed by atoms with E-state index < -0.39 is 0 Å². The molecule has 0 radical (unpaired) electrons. The third-order valence-electron chi connectivity index (χ3n) is 3.52. The maximum atomic E-state index is 10.9. The molecule has 1 aromatic rings. The fourth-order valence-corrected chi connectivity index (χ4v) is 5.13. The molecule has 0 spiro atoms. The Balaban J connectivity index is 1.96. The first-order valence-electron chi connectivity index (χ1n) is 7.23. The number of carbonyl (C=O) groups excluding carboxylic acids is 1. The van der Waals surface area contributed by atoms with Gasteiger partial charge in [0.05, 0.1) is 6.61 Å². The van der Waals surface area contributed by atoms with E-state index in [0.29, 0.717) is 5.25 Å². The SMILES string of the molecule is O=C/C=C1/CN(Cc2ccccc2Cl)CCC1SSCCO. The summed E-state index contributed by atoms with van der Waals surface area (Å²) >= 11 is 6.23. The van der Waals surface area contributed by atoms with Crippen molar-refractivity contribution in [2.24, 2.45) is 0 Å². The number of piperidine rings is 1. The van der Waals surface area contributed by atoms with Crippen LogP contribution in [0, 0.1) is 0 Å². The summed E-state index contributed by atoms with van der Waals surface area (Å²) in [4.78, 5) is 13.2. The van der Waals surface area contributed by atoms with Gasteiger partial charge in [0.15, 0.2) is 0 Å². The first-order valence-corrected chi connectivity index (χ1v) is 9.99. The Morgan fingerprint density at radius 1 is 1.41 bits per heavy atom. The fraction of sp³-hybridized carbons (Fsp3) is 0.438. The number of likely N-dealkylation sites (tertiary alicyclic amines) is 1. The second kappa shape index (κ2) is 9.63. The van der Waals surface area contributed by atoms with Gasteiger partial charge in [-0.15, -0.1) is 0 Å². The molecule has 1 fully saturated rings. The van der Waals surface area contributed by atoms with Crippen LogP contribution in [0.25, 0.3) is 0 Å². The quantitative estimate of drug-likeness (QED) is 0.350. The molecule has 0 amide bonds. The van der Waals surface area contributed by atoms with Crippen molar-refractivity contribution in [1.29, 1.82) is 0 Å². The second-order valence-corrected chi connectivity index (χ2v) is 8.20. The fourth-order valence-electron chi connectivity index (χ4n) is 2.45. The monoisotopic (exact) mass is 357 g/mol. The van der Waals surface area contributed by atoms with Gasteiger partial charge in [0.2, 0.25) is 0 Å². The van der Waals surface area contributed by atoms with Crippen LogP contribution in [0.4, 0.5) is 0 Å². The van der Waals surface area contributed by atoms with Gasteiger partial charge in [-0.25, -0.2) is 0 Å². The number of aliphatic hydroxyl groups is 1. The van der Waals surface area contributed by atoms with Crippen LogP contribution in [0.15, 0.2) is 35.9 Å². The highest BCUT2D eigenvalue weighted by Crippen LogP contribution is 2.36. The first-order chi connectivity index (χ1) is 10.7. The van der Waals surface area contributed by atoms with Crippen LogP contribution in [0.3, 0.4) is 0 Å². The van der Waals surface area contributed by atoms with Crippen LogP contribution in [0.2, 0.25) is 5.02 Å². The average Bonchev–Trinajstić information content (AvgIpc) is 2.52. The van der Waals surface area contributed by atoms with E-state index in [1.54, 1.807) is 27.7 Å². The Hall–Kier alpha value is -0.460. The lowest BCUT2D eigenvalue weighted by Gasteiger charge is -2.33. The van der Waals surface area contributed by atoms with E-state index >= 15 is 0 Å². The number of rotatable bonds is 7. The van der Waals surface area contributed by atoms with Crippen molar-refractivity contribution in [3.05, 3.63) is 46.5 Å². The van der Waals surface area contributed by atoms with Gasteiger partial charge in [0.25, 0.3) is 0 Å². The molecule has 1 aromatic carbocycles. The number of aliphatic hydroxyl groups excluding tert-OH is 1. The van der Waals surface area contributed by atoms with E-state index in [-0.39, 0.29) is 6.61 Å². The van der Waals surface area contributed by atoms with Gasteiger partial charge in [-0.3, -0.25) is 9.69 Å². The largest absolute Gasteiger partial charge is 0.395 e. The third-order valence-corrected chi connectivity index (χ3v) is 6.75. The van der Waals surface area contributed by atoms with Crippen molar-refractivity contribution < 1.29 is 9.90 Å². The van der Waals surface area contributed by atoms with Crippen molar-refractivity contribution in [1.82, 2.24) is 4.90 Å². The highest BCUT2D eigenvalue weighted by atomic mass is 35.5. The van der Waals surface area contributed by atoms with E-state index in [1.807, 2.05) is 24.3 Å². The number of aldehydes is 1. The molecule has 1 atom stereocenters. The molecule has 0 saturated carbocycles. The molecule has 3 nitrogen and oxygen atoms in total. The number of carbonyl (C=O) groups is 1. The summed E-state index contributed by atoms with van der Waals surface area (Å²) in [6.07, 6.45) is 3.57. The van der Waals surface area contributed by atoms with Crippen molar-refractivity contribution in [3.8, 4) is 0 Å². The van der Waals surface area contributed by atoms with Crippen LogP contribution in [-0.2, 0) is 11.3 Å². The number of hydrogen-bond acceptors (Lipinski definition) is 5. The minimum Gasteiger partial charge on any atom is -0.395 e. The zero-order valence-corrected chi connectivity index (χ0v) is 14.7. The van der Waals surface area contributed by atoms with Crippen LogP contribution < -0.4 is 0 Å². The molecule has 1 aliphatic heterocycles. The van der Waals surface area contributed by atoms with Crippen LogP contribution >= 0.6 is 33.2 Å². The van der Waals surface area contributed by atoms with Crippen LogP contribution in [0.5, 0.6) is 0 Å². The molecule has 1 N–H and O–H groups in total. The molecular formula is C16H20ClNO2S2. The highest BCUT2D eigenvalue weighted by molar-refractivity contribution is 8.77. The predicted molar refractivity (Wildman–Crippen MR) is 96.4 cm³/mol. The maximum absolute atomic E-state index is 10.9. The van der Waals surface area contributed by atoms with Gasteiger partial charge in [0, 0.05) is 35.7 Å². The topological polar surface area (TPSA) is 40.5 Å². The van der Waals surface area contributed by atoms with E-state index in [1.165, 1.54) is 0 Å². The van der Waals surface area contributed by atoms with Gasteiger partial charge in [-0.2, -0.15) is 0 Å². The number of nitrogens with zero attached hydrogens (tertiary/aromatic N) is 1. The maximum Gasteiger partial charge on any atom is 0.142 e. The first kappa shape index (κ1) is 17.9. The third kappa shape index (κ3) is 5.32. The van der Waals surface area contributed by atoms with Gasteiger partial charge in [0.1, 0.15) is 6.29 Å². The van der Waals surface area contributed by atoms with Gasteiger partial charge in [-0.1, -0.05) is 51.4 Å². The lowest BCUT2D eigenvalue weighted by atomic mass is 10.0. The Morgan fingerprint density at radius 2 is 2.23 bits per heavy atom. The minimum absolute atomic E-state index is 0.190. The summed E-state index contributed by atoms with van der Waals surface area (Å²) in [5.74, 6) is 0.721. The zero-order valence-electron chi connectivity index (χ0n) is 12.3. The normalized spacial score (nSPS) is 21.2. The summed E-state index contributed by atoms with van der Waals surface area (Å²) in [5.41, 5.74) is 2.28. The summed E-state index contributed by atoms with van der Waals surface area (Å²) in [5, 5.41) is 10.0. The van der Waals surface area contributed by atoms with Crippen LogP contribution in [-0.4, -0.2) is 47.0 Å². The second-order valence-electron chi connectivity index (χ2n) is 5.10. The Bertz CT molecular complexity index is 525. The van der Waals surface area contributed by atoms with E-state index in [2.05, 4.69) is 4.90 Å². The van der Waals surface area contributed by atoms with E-state index in [4.69, 9.17) is 16.7 Å². The smallest absolute Gasteiger partial charge is 0.142 e. The summed E-state index contributed by atoms with van der Waals surface area (Å²) in [6.45, 7) is 2.77. The molecule has 1 unspecified atom stereocenters. The average molecular weight is 358 g/mol. The molecule has 6 heteroatoms. The van der Waals surface area contributed by atoms with Crippen molar-refractivity contribution in [3.63, 3.8) is 0 Å². The lowest BCUT2D eigenvalue weighted by molar-refractivity contribution is -0.104. The molecule has 120 valence electrons. The van der Waals surface area contributed by atoms with Gasteiger partial charge < -0.3 is 5.11 Å². The molecular weight excluding hydrogens is 338 g/mol. The van der Waals surface area contributed by atoms with E-state index in [0.717, 1.165) is 54.3 Å². The van der Waals surface area contributed by atoms with Crippen molar-refractivity contribution in [2.75, 3.05) is 25.4 Å². The number of hydrogen-bond donors (Lipinski definition) is 1. The minimum atomic E-state index is 0.190. The van der Waals surface area contributed by atoms with Crippen molar-refractivity contribution in [2.45, 2.75) is 18.2 Å². The number of halogens is 1. The summed E-state index contributed by atoms with van der Waals surface area (Å²) in [7, 11) is 3.43. The van der Waals surface area contributed by atoms with Crippen LogP contribution in [0.1, 0.15) is 12.0 Å². The van der Waals surface area contributed by atoms with Gasteiger partial charge >= 0.3 is 0 Å². The zero-order chi connectivity index (χ0) is 15.8. The standard InChI is InChI=1S/C16H20ClNO2S2/c17-15-4-2-1-3-13(15)11-18-7-5-16(22-21-10-9-20)14(12-18)6-8-19/h1-4,6,8,16,20H,5,7,9-12H2/b14-6-. The Labute approximate surface area is 144 Å². The Morgan fingerprint density at radius 3 is 2.95 bits per heavy atom. The molecule has 1 aliphatic rings. The molecule has 1 saturated heterocycles. The summed E-state index contributed by atoms with van der Waals surface area (Å²) < 4.78 is 0. The number of benzene rings is 1. The van der Waals surface area contributed by atoms with E-state index in [9.17, 15) is 4.79 Å².